The zero-order chi connectivity index (χ0) is 16.2. The number of sulfone groups is 1. The van der Waals surface area contributed by atoms with Gasteiger partial charge < -0.3 is 10.5 Å². The summed E-state index contributed by atoms with van der Waals surface area (Å²) in [6, 6.07) is 7.42. The first-order valence-electron chi connectivity index (χ1n) is 6.54. The molecule has 1 aromatic heterocycles. The largest absolute Gasteiger partial charge is 0.497 e. The van der Waals surface area contributed by atoms with Crippen LogP contribution in [0.5, 0.6) is 5.75 Å². The molecular formula is C13H18N4O3S2. The van der Waals surface area contributed by atoms with Crippen LogP contribution in [0.3, 0.4) is 0 Å². The molecule has 0 bridgehead atoms. The molecule has 0 aliphatic carbocycles. The molecule has 2 N–H and O–H groups in total. The standard InChI is InChI=1S/C13H18N4O3S2/c1-20-11-5-3-10(4-6-11)17-12(9-14)15-16-13(17)21-7-8-22(2,18)19/h3-6H,7-9,14H2,1-2H3. The van der Waals surface area contributed by atoms with Gasteiger partial charge in [-0.15, -0.1) is 10.2 Å². The van der Waals surface area contributed by atoms with E-state index in [9.17, 15) is 8.42 Å². The van der Waals surface area contributed by atoms with E-state index >= 15 is 0 Å². The molecule has 9 heteroatoms. The molecule has 0 atom stereocenters. The van der Waals surface area contributed by atoms with Gasteiger partial charge in [0.1, 0.15) is 15.6 Å². The summed E-state index contributed by atoms with van der Waals surface area (Å²) in [6.45, 7) is 0.242. The lowest BCUT2D eigenvalue weighted by Crippen LogP contribution is -2.09. The predicted molar refractivity (Wildman–Crippen MR) is 86.2 cm³/mol. The Balaban J connectivity index is 2.26. The maximum absolute atomic E-state index is 11.2. The van der Waals surface area contributed by atoms with Gasteiger partial charge in [0.15, 0.2) is 11.0 Å². The van der Waals surface area contributed by atoms with E-state index in [1.165, 1.54) is 18.0 Å². The number of methoxy groups -OCH3 is 1. The topological polar surface area (TPSA) is 100 Å². The van der Waals surface area contributed by atoms with Gasteiger partial charge in [-0.2, -0.15) is 0 Å². The molecule has 0 radical (unpaired) electrons. The first kappa shape index (κ1) is 16.8. The van der Waals surface area contributed by atoms with Crippen LogP contribution in [-0.2, 0) is 16.4 Å². The lowest BCUT2D eigenvalue weighted by Gasteiger charge is -2.10. The SMILES string of the molecule is COc1ccc(-n2c(CN)nnc2SCCS(C)(=O)=O)cc1. The Morgan fingerprint density at radius 1 is 1.27 bits per heavy atom. The fourth-order valence-corrected chi connectivity index (χ4v) is 3.97. The highest BCUT2D eigenvalue weighted by molar-refractivity contribution is 8.00. The second-order valence-corrected chi connectivity index (χ2v) is 7.94. The molecule has 0 spiro atoms. The number of ether oxygens (including phenoxy) is 1. The molecule has 0 saturated carbocycles. The van der Waals surface area contributed by atoms with Crippen LogP contribution in [0.25, 0.3) is 5.69 Å². The Morgan fingerprint density at radius 2 is 1.95 bits per heavy atom. The molecule has 22 heavy (non-hydrogen) atoms. The summed E-state index contributed by atoms with van der Waals surface area (Å²) in [4.78, 5) is 0. The van der Waals surface area contributed by atoms with Crippen LogP contribution < -0.4 is 10.5 Å². The van der Waals surface area contributed by atoms with Crippen LogP contribution in [0.4, 0.5) is 0 Å². The number of thioether (sulfide) groups is 1. The molecule has 7 nitrogen and oxygen atoms in total. The Labute approximate surface area is 133 Å². The summed E-state index contributed by atoms with van der Waals surface area (Å²) >= 11 is 1.34. The number of nitrogens with zero attached hydrogens (tertiary/aromatic N) is 3. The van der Waals surface area contributed by atoms with Crippen LogP contribution in [0.15, 0.2) is 29.4 Å². The predicted octanol–water partition coefficient (Wildman–Crippen LogP) is 0.871. The average molecular weight is 342 g/mol. The van der Waals surface area contributed by atoms with E-state index in [0.29, 0.717) is 16.7 Å². The molecule has 0 amide bonds. The molecule has 2 rings (SSSR count). The molecule has 1 aromatic carbocycles. The quantitative estimate of drug-likeness (QED) is 0.745. The Bertz CT molecular complexity index is 726. The first-order valence-corrected chi connectivity index (χ1v) is 9.58. The maximum Gasteiger partial charge on any atom is 0.195 e. The van der Waals surface area contributed by atoms with Gasteiger partial charge in [0.2, 0.25) is 0 Å². The van der Waals surface area contributed by atoms with E-state index in [4.69, 9.17) is 10.5 Å². The zero-order valence-electron chi connectivity index (χ0n) is 12.4. The molecule has 0 fully saturated rings. The van der Waals surface area contributed by atoms with Crippen molar-refractivity contribution in [2.24, 2.45) is 5.73 Å². The molecule has 0 saturated heterocycles. The van der Waals surface area contributed by atoms with Crippen LogP contribution in [0, 0.1) is 0 Å². The third-order valence-corrected chi connectivity index (χ3v) is 5.03. The van der Waals surface area contributed by atoms with Crippen molar-refractivity contribution in [3.63, 3.8) is 0 Å². The maximum atomic E-state index is 11.2. The fourth-order valence-electron chi connectivity index (χ4n) is 1.80. The van der Waals surface area contributed by atoms with Gasteiger partial charge >= 0.3 is 0 Å². The molecule has 0 aliphatic heterocycles. The summed E-state index contributed by atoms with van der Waals surface area (Å²) in [7, 11) is -1.40. The molecule has 2 aromatic rings. The van der Waals surface area contributed by atoms with Crippen molar-refractivity contribution >= 4 is 21.6 Å². The highest BCUT2D eigenvalue weighted by Crippen LogP contribution is 2.23. The molecule has 0 unspecified atom stereocenters. The van der Waals surface area contributed by atoms with Gasteiger partial charge in [-0.25, -0.2) is 8.42 Å². The second kappa shape index (κ2) is 7.12. The van der Waals surface area contributed by atoms with Crippen molar-refractivity contribution in [3.05, 3.63) is 30.1 Å². The van der Waals surface area contributed by atoms with Crippen LogP contribution in [-0.4, -0.2) is 48.1 Å². The van der Waals surface area contributed by atoms with E-state index in [1.807, 2.05) is 28.8 Å². The van der Waals surface area contributed by atoms with Crippen LogP contribution >= 0.6 is 11.8 Å². The minimum absolute atomic E-state index is 0.0884. The molecule has 1 heterocycles. The molecular weight excluding hydrogens is 324 g/mol. The van der Waals surface area contributed by atoms with Crippen LogP contribution in [0.1, 0.15) is 5.82 Å². The average Bonchev–Trinajstić information content (AvgIpc) is 2.89. The van der Waals surface area contributed by atoms with Gasteiger partial charge in [0, 0.05) is 17.7 Å². The highest BCUT2D eigenvalue weighted by Gasteiger charge is 2.14. The lowest BCUT2D eigenvalue weighted by molar-refractivity contribution is 0.414. The van der Waals surface area contributed by atoms with Crippen molar-refractivity contribution in [1.82, 2.24) is 14.8 Å². The van der Waals surface area contributed by atoms with Crippen molar-refractivity contribution in [2.75, 3.05) is 24.9 Å². The first-order chi connectivity index (χ1) is 10.4. The summed E-state index contributed by atoms with van der Waals surface area (Å²) in [5, 5.41) is 8.77. The van der Waals surface area contributed by atoms with Crippen molar-refractivity contribution in [3.8, 4) is 11.4 Å². The van der Waals surface area contributed by atoms with Gasteiger partial charge in [-0.05, 0) is 24.3 Å². The van der Waals surface area contributed by atoms with E-state index in [0.717, 1.165) is 11.4 Å². The highest BCUT2D eigenvalue weighted by atomic mass is 32.2. The third kappa shape index (κ3) is 4.21. The fraction of sp³-hybridized carbons (Fsp3) is 0.385. The smallest absolute Gasteiger partial charge is 0.195 e. The van der Waals surface area contributed by atoms with E-state index in [2.05, 4.69) is 10.2 Å². The molecule has 120 valence electrons. The van der Waals surface area contributed by atoms with E-state index in [1.54, 1.807) is 7.11 Å². The minimum atomic E-state index is -3.00. The second-order valence-electron chi connectivity index (χ2n) is 4.61. The Morgan fingerprint density at radius 3 is 2.50 bits per heavy atom. The number of rotatable bonds is 7. The minimum Gasteiger partial charge on any atom is -0.497 e. The van der Waals surface area contributed by atoms with Crippen molar-refractivity contribution < 1.29 is 13.2 Å². The third-order valence-electron chi connectivity index (χ3n) is 2.90. The van der Waals surface area contributed by atoms with E-state index in [-0.39, 0.29) is 12.3 Å². The van der Waals surface area contributed by atoms with Gasteiger partial charge in [0.25, 0.3) is 0 Å². The zero-order valence-corrected chi connectivity index (χ0v) is 14.0. The van der Waals surface area contributed by atoms with Crippen molar-refractivity contribution in [1.29, 1.82) is 0 Å². The van der Waals surface area contributed by atoms with Crippen molar-refractivity contribution in [2.45, 2.75) is 11.7 Å². The number of hydrogen-bond acceptors (Lipinski definition) is 7. The lowest BCUT2D eigenvalue weighted by atomic mass is 10.3. The summed E-state index contributed by atoms with van der Waals surface area (Å²) in [6.07, 6.45) is 1.22. The number of hydrogen-bond donors (Lipinski definition) is 1. The molecule has 0 aliphatic rings. The number of nitrogens with two attached hydrogens (primary N) is 1. The number of aromatic nitrogens is 3. The monoisotopic (exact) mass is 342 g/mol. The van der Waals surface area contributed by atoms with Gasteiger partial charge in [-0.3, -0.25) is 4.57 Å². The normalized spacial score (nSPS) is 11.6. The van der Waals surface area contributed by atoms with Gasteiger partial charge in [0.05, 0.1) is 19.4 Å². The Kier molecular flexibility index (Phi) is 5.43. The van der Waals surface area contributed by atoms with Gasteiger partial charge in [-0.1, -0.05) is 11.8 Å². The van der Waals surface area contributed by atoms with E-state index < -0.39 is 9.84 Å². The summed E-state index contributed by atoms with van der Waals surface area (Å²) < 4.78 is 29.4. The summed E-state index contributed by atoms with van der Waals surface area (Å²) in [5.74, 6) is 1.87. The Hall–Kier alpha value is -1.58. The number of benzene rings is 1. The summed E-state index contributed by atoms with van der Waals surface area (Å²) in [5.41, 5.74) is 6.56. The van der Waals surface area contributed by atoms with Crippen LogP contribution in [0.2, 0.25) is 0 Å².